The van der Waals surface area contributed by atoms with Crippen molar-refractivity contribution in [3.8, 4) is 0 Å². The van der Waals surface area contributed by atoms with Crippen molar-refractivity contribution >= 4 is 15.9 Å². The summed E-state index contributed by atoms with van der Waals surface area (Å²) in [6.07, 6.45) is 2.46. The van der Waals surface area contributed by atoms with Gasteiger partial charge in [0, 0.05) is 29.2 Å². The van der Waals surface area contributed by atoms with Crippen LogP contribution in [0.15, 0.2) is 22.7 Å². The van der Waals surface area contributed by atoms with Gasteiger partial charge >= 0.3 is 0 Å². The predicted molar refractivity (Wildman–Crippen MR) is 69.4 cm³/mol. The van der Waals surface area contributed by atoms with Crippen LogP contribution in [-0.4, -0.2) is 18.8 Å². The molecule has 0 bridgehead atoms. The quantitative estimate of drug-likeness (QED) is 0.901. The molecule has 0 spiro atoms. The van der Waals surface area contributed by atoms with Gasteiger partial charge in [-0.1, -0.05) is 15.9 Å². The maximum absolute atomic E-state index is 13.5. The second-order valence-corrected chi connectivity index (χ2v) is 5.28. The van der Waals surface area contributed by atoms with Gasteiger partial charge in [-0.25, -0.2) is 4.39 Å². The molecular formula is C13H17BrFNO. The topological polar surface area (TPSA) is 21.3 Å². The first-order valence-electron chi connectivity index (χ1n) is 5.98. The molecule has 0 aliphatic heterocycles. The van der Waals surface area contributed by atoms with Crippen molar-refractivity contribution < 1.29 is 9.13 Å². The predicted octanol–water partition coefficient (Wildman–Crippen LogP) is 3.25. The number of ether oxygens (including phenoxy) is 1. The van der Waals surface area contributed by atoms with Gasteiger partial charge in [-0.3, -0.25) is 0 Å². The molecule has 1 aliphatic carbocycles. The smallest absolute Gasteiger partial charge is 0.127 e. The Morgan fingerprint density at radius 1 is 1.47 bits per heavy atom. The Morgan fingerprint density at radius 3 is 2.94 bits per heavy atom. The molecule has 0 heterocycles. The first-order chi connectivity index (χ1) is 8.19. The van der Waals surface area contributed by atoms with E-state index >= 15 is 0 Å². The van der Waals surface area contributed by atoms with Crippen LogP contribution in [0.3, 0.4) is 0 Å². The molecule has 4 heteroatoms. The van der Waals surface area contributed by atoms with Crippen LogP contribution in [-0.2, 0) is 11.3 Å². The molecule has 1 saturated carbocycles. The summed E-state index contributed by atoms with van der Waals surface area (Å²) < 4.78 is 19.8. The fraction of sp³-hybridized carbons (Fsp3) is 0.538. The van der Waals surface area contributed by atoms with E-state index in [1.807, 2.05) is 13.0 Å². The summed E-state index contributed by atoms with van der Waals surface area (Å²) in [4.78, 5) is 0. The Hall–Kier alpha value is -0.450. The standard InChI is InChI=1S/C13H17BrFNO/c1-2-17-12-6-11(7-12)16-8-9-5-10(14)3-4-13(9)15/h3-5,11-12,16H,2,6-8H2,1H3. The zero-order valence-electron chi connectivity index (χ0n) is 9.88. The van der Waals surface area contributed by atoms with E-state index in [0.717, 1.165) is 23.9 Å². The first kappa shape index (κ1) is 13.0. The van der Waals surface area contributed by atoms with Gasteiger partial charge in [0.05, 0.1) is 6.10 Å². The SMILES string of the molecule is CCOC1CC(NCc2cc(Br)ccc2F)C1. The lowest BCUT2D eigenvalue weighted by Gasteiger charge is -2.35. The second kappa shape index (κ2) is 5.94. The number of hydrogen-bond acceptors (Lipinski definition) is 2. The van der Waals surface area contributed by atoms with E-state index in [-0.39, 0.29) is 5.82 Å². The Kier molecular flexibility index (Phi) is 4.54. The molecule has 0 amide bonds. The summed E-state index contributed by atoms with van der Waals surface area (Å²) >= 11 is 3.35. The molecule has 0 aromatic heterocycles. The summed E-state index contributed by atoms with van der Waals surface area (Å²) in [5.74, 6) is -0.151. The minimum Gasteiger partial charge on any atom is -0.378 e. The molecule has 17 heavy (non-hydrogen) atoms. The lowest BCUT2D eigenvalue weighted by atomic mass is 9.89. The van der Waals surface area contributed by atoms with E-state index in [1.165, 1.54) is 6.07 Å². The summed E-state index contributed by atoms with van der Waals surface area (Å²) in [7, 11) is 0. The third-order valence-electron chi connectivity index (χ3n) is 3.09. The summed E-state index contributed by atoms with van der Waals surface area (Å²) in [6.45, 7) is 3.37. The lowest BCUT2D eigenvalue weighted by Crippen LogP contribution is -2.45. The molecule has 0 saturated heterocycles. The number of halogens is 2. The van der Waals surface area contributed by atoms with Gasteiger partial charge < -0.3 is 10.1 Å². The van der Waals surface area contributed by atoms with Crippen LogP contribution < -0.4 is 5.32 Å². The molecule has 1 aromatic rings. The Bertz CT molecular complexity index is 380. The van der Waals surface area contributed by atoms with Gasteiger partial charge in [-0.2, -0.15) is 0 Å². The van der Waals surface area contributed by atoms with Crippen LogP contribution in [0.25, 0.3) is 0 Å². The molecule has 1 aliphatic rings. The van der Waals surface area contributed by atoms with Gasteiger partial charge in [0.2, 0.25) is 0 Å². The van der Waals surface area contributed by atoms with Crippen LogP contribution in [0.4, 0.5) is 4.39 Å². The zero-order chi connectivity index (χ0) is 12.3. The van der Waals surface area contributed by atoms with Crippen molar-refractivity contribution in [3.63, 3.8) is 0 Å². The molecule has 0 radical (unpaired) electrons. The highest BCUT2D eigenvalue weighted by Gasteiger charge is 2.28. The van der Waals surface area contributed by atoms with E-state index in [2.05, 4.69) is 21.2 Å². The zero-order valence-corrected chi connectivity index (χ0v) is 11.5. The van der Waals surface area contributed by atoms with Crippen molar-refractivity contribution in [2.75, 3.05) is 6.61 Å². The monoisotopic (exact) mass is 301 g/mol. The minimum absolute atomic E-state index is 0.151. The maximum atomic E-state index is 13.5. The van der Waals surface area contributed by atoms with E-state index in [9.17, 15) is 4.39 Å². The highest BCUT2D eigenvalue weighted by Crippen LogP contribution is 2.24. The number of hydrogen-bond donors (Lipinski definition) is 1. The van der Waals surface area contributed by atoms with Crippen molar-refractivity contribution in [3.05, 3.63) is 34.1 Å². The second-order valence-electron chi connectivity index (χ2n) is 4.36. The summed E-state index contributed by atoms with van der Waals surface area (Å²) in [5, 5.41) is 3.35. The summed E-state index contributed by atoms with van der Waals surface area (Å²) in [6, 6.07) is 5.49. The van der Waals surface area contributed by atoms with Crippen LogP contribution in [0.1, 0.15) is 25.3 Å². The summed E-state index contributed by atoms with van der Waals surface area (Å²) in [5.41, 5.74) is 0.708. The molecule has 1 aromatic carbocycles. The Labute approximate surface area is 110 Å². The third kappa shape index (κ3) is 3.50. The van der Waals surface area contributed by atoms with Crippen LogP contribution in [0.5, 0.6) is 0 Å². The number of nitrogens with one attached hydrogen (secondary N) is 1. The van der Waals surface area contributed by atoms with E-state index in [4.69, 9.17) is 4.74 Å². The molecular weight excluding hydrogens is 285 g/mol. The molecule has 0 atom stereocenters. The molecule has 1 fully saturated rings. The fourth-order valence-electron chi connectivity index (χ4n) is 2.04. The molecule has 0 unspecified atom stereocenters. The lowest BCUT2D eigenvalue weighted by molar-refractivity contribution is -0.0102. The van der Waals surface area contributed by atoms with E-state index in [0.29, 0.717) is 24.3 Å². The van der Waals surface area contributed by atoms with Crippen LogP contribution in [0.2, 0.25) is 0 Å². The normalized spacial score (nSPS) is 23.5. The average Bonchev–Trinajstić information content (AvgIpc) is 2.26. The van der Waals surface area contributed by atoms with Gasteiger partial charge in [-0.15, -0.1) is 0 Å². The first-order valence-corrected chi connectivity index (χ1v) is 6.77. The molecule has 1 N–H and O–H groups in total. The molecule has 2 nitrogen and oxygen atoms in total. The highest BCUT2D eigenvalue weighted by atomic mass is 79.9. The number of benzene rings is 1. The van der Waals surface area contributed by atoms with Crippen molar-refractivity contribution in [2.45, 2.75) is 38.5 Å². The van der Waals surface area contributed by atoms with Crippen LogP contribution >= 0.6 is 15.9 Å². The van der Waals surface area contributed by atoms with Crippen molar-refractivity contribution in [1.82, 2.24) is 5.32 Å². The van der Waals surface area contributed by atoms with Crippen molar-refractivity contribution in [2.24, 2.45) is 0 Å². The van der Waals surface area contributed by atoms with Gasteiger partial charge in [0.25, 0.3) is 0 Å². The largest absolute Gasteiger partial charge is 0.378 e. The van der Waals surface area contributed by atoms with E-state index in [1.54, 1.807) is 6.07 Å². The molecule has 2 rings (SSSR count). The minimum atomic E-state index is -0.151. The maximum Gasteiger partial charge on any atom is 0.127 e. The number of rotatable bonds is 5. The molecule has 94 valence electrons. The highest BCUT2D eigenvalue weighted by molar-refractivity contribution is 9.10. The van der Waals surface area contributed by atoms with Crippen molar-refractivity contribution in [1.29, 1.82) is 0 Å². The Morgan fingerprint density at radius 2 is 2.24 bits per heavy atom. The van der Waals surface area contributed by atoms with E-state index < -0.39 is 0 Å². The average molecular weight is 302 g/mol. The Balaban J connectivity index is 1.77. The fourth-order valence-corrected chi connectivity index (χ4v) is 2.45. The van der Waals surface area contributed by atoms with Gasteiger partial charge in [0.1, 0.15) is 5.82 Å². The van der Waals surface area contributed by atoms with Crippen LogP contribution in [0, 0.1) is 5.82 Å². The van der Waals surface area contributed by atoms with Gasteiger partial charge in [-0.05, 0) is 38.0 Å². The third-order valence-corrected chi connectivity index (χ3v) is 3.58. The van der Waals surface area contributed by atoms with Gasteiger partial charge in [0.15, 0.2) is 0 Å².